The number of benzene rings is 1. The van der Waals surface area contributed by atoms with E-state index in [1.165, 1.54) is 11.8 Å². The lowest BCUT2D eigenvalue weighted by molar-refractivity contribution is 0.601. The van der Waals surface area contributed by atoms with Crippen molar-refractivity contribution in [3.8, 4) is 0 Å². The Morgan fingerprint density at radius 1 is 1.27 bits per heavy atom. The van der Waals surface area contributed by atoms with E-state index in [0.717, 1.165) is 12.0 Å². The highest BCUT2D eigenvalue weighted by atomic mass is 79.9. The molecule has 0 aliphatic carbocycles. The van der Waals surface area contributed by atoms with Gasteiger partial charge >= 0.3 is 0 Å². The third kappa shape index (κ3) is 4.34. The molecule has 0 spiro atoms. The minimum Gasteiger partial charge on any atom is -0.229 e. The highest BCUT2D eigenvalue weighted by Gasteiger charge is 2.13. The summed E-state index contributed by atoms with van der Waals surface area (Å²) in [6.45, 7) is 2.09. The molecule has 0 aromatic heterocycles. The normalized spacial score (nSPS) is 13.8. The second-order valence-electron chi connectivity index (χ2n) is 3.66. The molecule has 0 saturated carbocycles. The summed E-state index contributed by atoms with van der Waals surface area (Å²) in [5.41, 5.74) is 2.27. The maximum absolute atomic E-state index is 11.1. The largest absolute Gasteiger partial charge is 0.229 e. The molecule has 1 aromatic rings. The Labute approximate surface area is 99.7 Å². The van der Waals surface area contributed by atoms with E-state index in [-0.39, 0.29) is 10.6 Å². The standard InChI is InChI=1S/C11H15BrO2S/c1-3-9-4-6-10(7-5-9)11(12)8-15(2,13)14/h4-7,11H,3,8H2,1-2H3. The van der Waals surface area contributed by atoms with Crippen LogP contribution in [0.2, 0.25) is 0 Å². The fraction of sp³-hybridized carbons (Fsp3) is 0.455. The van der Waals surface area contributed by atoms with E-state index in [2.05, 4.69) is 22.9 Å². The van der Waals surface area contributed by atoms with Crippen molar-refractivity contribution in [3.63, 3.8) is 0 Å². The Morgan fingerprint density at radius 2 is 1.80 bits per heavy atom. The Morgan fingerprint density at radius 3 is 2.20 bits per heavy atom. The van der Waals surface area contributed by atoms with Gasteiger partial charge in [0.05, 0.1) is 10.6 Å². The lowest BCUT2D eigenvalue weighted by atomic mass is 10.1. The molecule has 0 aliphatic heterocycles. The van der Waals surface area contributed by atoms with Crippen molar-refractivity contribution in [2.24, 2.45) is 0 Å². The number of hydrogen-bond acceptors (Lipinski definition) is 2. The molecule has 1 rings (SSSR count). The van der Waals surface area contributed by atoms with E-state index in [0.29, 0.717) is 0 Å². The molecule has 0 aliphatic rings. The van der Waals surface area contributed by atoms with Crippen LogP contribution in [0.5, 0.6) is 0 Å². The summed E-state index contributed by atoms with van der Waals surface area (Å²) in [5, 5.41) is 0. The maximum atomic E-state index is 11.1. The maximum Gasteiger partial charge on any atom is 0.148 e. The van der Waals surface area contributed by atoms with Crippen LogP contribution in [0.15, 0.2) is 24.3 Å². The molecule has 0 bridgehead atoms. The monoisotopic (exact) mass is 290 g/mol. The van der Waals surface area contributed by atoms with Crippen LogP contribution in [0.3, 0.4) is 0 Å². The van der Waals surface area contributed by atoms with E-state index in [4.69, 9.17) is 0 Å². The fourth-order valence-electron chi connectivity index (χ4n) is 1.32. The van der Waals surface area contributed by atoms with Crippen LogP contribution >= 0.6 is 15.9 Å². The molecule has 0 fully saturated rings. The van der Waals surface area contributed by atoms with Gasteiger partial charge in [-0.1, -0.05) is 47.1 Å². The quantitative estimate of drug-likeness (QED) is 0.799. The lowest BCUT2D eigenvalue weighted by Gasteiger charge is -2.09. The predicted molar refractivity (Wildman–Crippen MR) is 67.2 cm³/mol. The summed E-state index contributed by atoms with van der Waals surface area (Å²) in [4.78, 5) is -0.113. The third-order valence-corrected chi connectivity index (χ3v) is 4.42. The van der Waals surface area contributed by atoms with Crippen LogP contribution < -0.4 is 0 Å². The van der Waals surface area contributed by atoms with Gasteiger partial charge in [0.25, 0.3) is 0 Å². The number of aryl methyl sites for hydroxylation is 1. The zero-order valence-corrected chi connectivity index (χ0v) is 11.3. The van der Waals surface area contributed by atoms with Gasteiger partial charge in [0.15, 0.2) is 0 Å². The minimum absolute atomic E-state index is 0.113. The Hall–Kier alpha value is -0.350. The van der Waals surface area contributed by atoms with Crippen LogP contribution in [0, 0.1) is 0 Å². The van der Waals surface area contributed by atoms with E-state index in [1.807, 2.05) is 24.3 Å². The molecule has 2 nitrogen and oxygen atoms in total. The first-order valence-electron chi connectivity index (χ1n) is 4.83. The average molecular weight is 291 g/mol. The molecule has 4 heteroatoms. The molecule has 0 heterocycles. The van der Waals surface area contributed by atoms with Crippen molar-refractivity contribution >= 4 is 25.8 Å². The van der Waals surface area contributed by atoms with E-state index in [9.17, 15) is 8.42 Å². The molecule has 0 radical (unpaired) electrons. The SMILES string of the molecule is CCc1ccc(C(Br)CS(C)(=O)=O)cc1. The smallest absolute Gasteiger partial charge is 0.148 e. The van der Waals surface area contributed by atoms with Gasteiger partial charge in [0.1, 0.15) is 9.84 Å². The number of halogens is 1. The molecule has 15 heavy (non-hydrogen) atoms. The molecule has 0 N–H and O–H groups in total. The van der Waals surface area contributed by atoms with Gasteiger partial charge in [-0.2, -0.15) is 0 Å². The zero-order chi connectivity index (χ0) is 11.5. The lowest BCUT2D eigenvalue weighted by Crippen LogP contribution is -2.08. The molecule has 1 aromatic carbocycles. The van der Waals surface area contributed by atoms with Gasteiger partial charge in [-0.25, -0.2) is 8.42 Å². The van der Waals surface area contributed by atoms with Gasteiger partial charge in [0.2, 0.25) is 0 Å². The van der Waals surface area contributed by atoms with E-state index in [1.54, 1.807) is 0 Å². The summed E-state index contributed by atoms with van der Waals surface area (Å²) in [5.74, 6) is 0.137. The Kier molecular flexibility index (Phi) is 4.34. The molecule has 84 valence electrons. The molecular weight excluding hydrogens is 276 g/mol. The van der Waals surface area contributed by atoms with Gasteiger partial charge in [-0.05, 0) is 17.5 Å². The first kappa shape index (κ1) is 12.7. The van der Waals surface area contributed by atoms with Crippen LogP contribution in [-0.4, -0.2) is 20.4 Å². The number of rotatable bonds is 4. The van der Waals surface area contributed by atoms with E-state index < -0.39 is 9.84 Å². The first-order valence-corrected chi connectivity index (χ1v) is 7.80. The second kappa shape index (κ2) is 5.12. The zero-order valence-electron chi connectivity index (χ0n) is 8.90. The summed E-state index contributed by atoms with van der Waals surface area (Å²) in [6, 6.07) is 8.02. The van der Waals surface area contributed by atoms with Crippen molar-refractivity contribution < 1.29 is 8.42 Å². The topological polar surface area (TPSA) is 34.1 Å². The molecule has 1 atom stereocenters. The molecule has 0 amide bonds. The van der Waals surface area contributed by atoms with Crippen LogP contribution in [0.4, 0.5) is 0 Å². The molecular formula is C11H15BrO2S. The van der Waals surface area contributed by atoms with Crippen LogP contribution in [-0.2, 0) is 16.3 Å². The van der Waals surface area contributed by atoms with Gasteiger partial charge in [-0.3, -0.25) is 0 Å². The molecule has 0 saturated heterocycles. The highest BCUT2D eigenvalue weighted by molar-refractivity contribution is 9.09. The van der Waals surface area contributed by atoms with Gasteiger partial charge in [0, 0.05) is 6.26 Å². The van der Waals surface area contributed by atoms with Crippen molar-refractivity contribution in [1.29, 1.82) is 0 Å². The second-order valence-corrected chi connectivity index (χ2v) is 6.95. The van der Waals surface area contributed by atoms with Gasteiger partial charge in [-0.15, -0.1) is 0 Å². The Bertz CT molecular complexity index is 409. The van der Waals surface area contributed by atoms with Crippen molar-refractivity contribution in [3.05, 3.63) is 35.4 Å². The van der Waals surface area contributed by atoms with Gasteiger partial charge < -0.3 is 0 Å². The number of hydrogen-bond donors (Lipinski definition) is 0. The third-order valence-electron chi connectivity index (χ3n) is 2.20. The van der Waals surface area contributed by atoms with Crippen LogP contribution in [0.25, 0.3) is 0 Å². The summed E-state index contributed by atoms with van der Waals surface area (Å²) in [6.07, 6.45) is 2.25. The van der Waals surface area contributed by atoms with Crippen molar-refractivity contribution in [1.82, 2.24) is 0 Å². The fourth-order valence-corrected chi connectivity index (χ4v) is 3.79. The minimum atomic E-state index is -2.93. The number of sulfone groups is 1. The summed E-state index contributed by atoms with van der Waals surface area (Å²) >= 11 is 3.39. The van der Waals surface area contributed by atoms with Crippen molar-refractivity contribution in [2.75, 3.05) is 12.0 Å². The van der Waals surface area contributed by atoms with Crippen LogP contribution in [0.1, 0.15) is 22.9 Å². The summed E-state index contributed by atoms with van der Waals surface area (Å²) in [7, 11) is -2.93. The highest BCUT2D eigenvalue weighted by Crippen LogP contribution is 2.24. The van der Waals surface area contributed by atoms with E-state index >= 15 is 0 Å². The number of alkyl halides is 1. The predicted octanol–water partition coefficient (Wildman–Crippen LogP) is 2.73. The average Bonchev–Trinajstić information content (AvgIpc) is 2.15. The first-order chi connectivity index (χ1) is 6.92. The Balaban J connectivity index is 2.78. The molecule has 1 unspecified atom stereocenters. The summed E-state index contributed by atoms with van der Waals surface area (Å²) < 4.78 is 22.2. The van der Waals surface area contributed by atoms with Crippen molar-refractivity contribution in [2.45, 2.75) is 18.2 Å².